The van der Waals surface area contributed by atoms with Crippen LogP contribution in [0.15, 0.2) is 42.7 Å². The Labute approximate surface area is 99.7 Å². The number of hydrogen-bond donors (Lipinski definition) is 0. The van der Waals surface area contributed by atoms with E-state index in [0.717, 1.165) is 24.5 Å². The fourth-order valence-electron chi connectivity index (χ4n) is 1.60. The summed E-state index contributed by atoms with van der Waals surface area (Å²) < 4.78 is 51.6. The predicted octanol–water partition coefficient (Wildman–Crippen LogP) is 3.14. The molecule has 0 fully saturated rings. The monoisotopic (exact) mass is 257 g/mol. The smallest absolute Gasteiger partial charge is 0.417 e. The van der Waals surface area contributed by atoms with Gasteiger partial charge >= 0.3 is 6.18 Å². The lowest BCUT2D eigenvalue weighted by atomic mass is 10.0. The van der Waals surface area contributed by atoms with Crippen LogP contribution < -0.4 is 4.73 Å². The average molecular weight is 257 g/mol. The molecule has 0 saturated heterocycles. The summed E-state index contributed by atoms with van der Waals surface area (Å²) in [6.45, 7) is 0. The summed E-state index contributed by atoms with van der Waals surface area (Å²) >= 11 is 0. The molecule has 2 rings (SSSR count). The van der Waals surface area contributed by atoms with Crippen LogP contribution >= 0.6 is 0 Å². The zero-order valence-corrected chi connectivity index (χ0v) is 8.91. The molecule has 0 bridgehead atoms. The van der Waals surface area contributed by atoms with Gasteiger partial charge < -0.3 is 5.21 Å². The first kappa shape index (κ1) is 12.3. The van der Waals surface area contributed by atoms with Gasteiger partial charge in [0.25, 0.3) is 0 Å². The maximum atomic E-state index is 12.9. The highest BCUT2D eigenvalue weighted by Gasteiger charge is 2.34. The topological polar surface area (TPSA) is 26.9 Å². The van der Waals surface area contributed by atoms with Crippen molar-refractivity contribution in [1.82, 2.24) is 0 Å². The number of pyridine rings is 1. The third-order valence-corrected chi connectivity index (χ3v) is 2.40. The zero-order valence-electron chi connectivity index (χ0n) is 8.91. The van der Waals surface area contributed by atoms with Gasteiger partial charge in [-0.25, -0.2) is 4.39 Å². The molecule has 18 heavy (non-hydrogen) atoms. The van der Waals surface area contributed by atoms with Crippen molar-refractivity contribution in [3.63, 3.8) is 0 Å². The van der Waals surface area contributed by atoms with E-state index in [1.54, 1.807) is 0 Å². The summed E-state index contributed by atoms with van der Waals surface area (Å²) in [5, 5.41) is 10.8. The molecular formula is C12H7F4NO. The normalized spacial score (nSPS) is 11.6. The van der Waals surface area contributed by atoms with E-state index in [1.807, 2.05) is 0 Å². The Morgan fingerprint density at radius 2 is 1.61 bits per heavy atom. The first-order valence-electron chi connectivity index (χ1n) is 4.94. The number of benzene rings is 1. The lowest BCUT2D eigenvalue weighted by Gasteiger charge is -2.12. The third-order valence-electron chi connectivity index (χ3n) is 2.40. The minimum atomic E-state index is -4.65. The summed E-state index contributed by atoms with van der Waals surface area (Å²) in [6, 6.07) is 4.92. The first-order chi connectivity index (χ1) is 8.38. The van der Waals surface area contributed by atoms with Gasteiger partial charge in [-0.05, 0) is 23.3 Å². The summed E-state index contributed by atoms with van der Waals surface area (Å²) in [4.78, 5) is 0. The predicted molar refractivity (Wildman–Crippen MR) is 55.8 cm³/mol. The van der Waals surface area contributed by atoms with Gasteiger partial charge in [-0.1, -0.05) is 6.07 Å². The number of nitrogens with zero attached hydrogens (tertiary/aromatic N) is 1. The van der Waals surface area contributed by atoms with Crippen LogP contribution in [0.5, 0.6) is 0 Å². The van der Waals surface area contributed by atoms with E-state index >= 15 is 0 Å². The van der Waals surface area contributed by atoms with Gasteiger partial charge in [-0.3, -0.25) is 0 Å². The highest BCUT2D eigenvalue weighted by atomic mass is 19.4. The summed E-state index contributed by atoms with van der Waals surface area (Å²) in [6.07, 6.45) is -2.49. The summed E-state index contributed by atoms with van der Waals surface area (Å²) in [7, 11) is 0. The lowest BCUT2D eigenvalue weighted by molar-refractivity contribution is -0.605. The number of halogens is 4. The molecule has 1 aromatic heterocycles. The second-order valence-corrected chi connectivity index (χ2v) is 3.63. The third kappa shape index (κ3) is 2.42. The van der Waals surface area contributed by atoms with Crippen LogP contribution in [0.25, 0.3) is 11.1 Å². The van der Waals surface area contributed by atoms with Gasteiger partial charge in [0, 0.05) is 12.1 Å². The molecule has 0 atom stereocenters. The molecule has 0 N–H and O–H groups in total. The molecule has 0 radical (unpaired) electrons. The van der Waals surface area contributed by atoms with Crippen LogP contribution in [0.4, 0.5) is 17.6 Å². The Kier molecular flexibility index (Phi) is 2.94. The Morgan fingerprint density at radius 1 is 1.00 bits per heavy atom. The van der Waals surface area contributed by atoms with Crippen molar-refractivity contribution in [2.45, 2.75) is 6.18 Å². The van der Waals surface area contributed by atoms with Crippen molar-refractivity contribution in [3.05, 3.63) is 59.3 Å². The van der Waals surface area contributed by atoms with E-state index in [9.17, 15) is 22.8 Å². The maximum Gasteiger partial charge on any atom is 0.417 e. The largest absolute Gasteiger partial charge is 0.619 e. The number of aromatic nitrogens is 1. The van der Waals surface area contributed by atoms with Gasteiger partial charge in [0.2, 0.25) is 0 Å². The van der Waals surface area contributed by atoms with Crippen LogP contribution in [0.1, 0.15) is 5.56 Å². The second-order valence-electron chi connectivity index (χ2n) is 3.63. The Hall–Kier alpha value is -2.11. The zero-order chi connectivity index (χ0) is 13.3. The van der Waals surface area contributed by atoms with Crippen molar-refractivity contribution in [2.75, 3.05) is 0 Å². The van der Waals surface area contributed by atoms with Gasteiger partial charge in [-0.2, -0.15) is 17.9 Å². The SMILES string of the molecule is [O-][n+]1ccc(-c2ccc(F)cc2C(F)(F)F)cc1. The minimum absolute atomic E-state index is 0.162. The molecule has 0 amide bonds. The van der Waals surface area contributed by atoms with E-state index in [4.69, 9.17) is 0 Å². The molecule has 0 spiro atoms. The summed E-state index contributed by atoms with van der Waals surface area (Å²) in [5.41, 5.74) is -1.02. The Morgan fingerprint density at radius 3 is 2.17 bits per heavy atom. The summed E-state index contributed by atoms with van der Waals surface area (Å²) in [5.74, 6) is -0.958. The molecule has 0 unspecified atom stereocenters. The first-order valence-corrected chi connectivity index (χ1v) is 4.94. The molecule has 0 aliphatic carbocycles. The van der Waals surface area contributed by atoms with Gasteiger partial charge in [0.1, 0.15) is 5.82 Å². The lowest BCUT2D eigenvalue weighted by Crippen LogP contribution is -2.23. The average Bonchev–Trinajstić information content (AvgIpc) is 2.29. The van der Waals surface area contributed by atoms with Gasteiger partial charge in [0.15, 0.2) is 12.4 Å². The molecule has 1 heterocycles. The molecule has 0 saturated carbocycles. The standard InChI is InChI=1S/C12H7F4NO/c13-9-1-2-10(11(7-9)12(14,15)16)8-3-5-17(18)6-4-8/h1-7H. The minimum Gasteiger partial charge on any atom is -0.619 e. The van der Waals surface area contributed by atoms with Crippen LogP contribution in [0.2, 0.25) is 0 Å². The van der Waals surface area contributed by atoms with Crippen LogP contribution in [-0.2, 0) is 6.18 Å². The van der Waals surface area contributed by atoms with Crippen molar-refractivity contribution in [2.24, 2.45) is 0 Å². The van der Waals surface area contributed by atoms with Crippen molar-refractivity contribution < 1.29 is 22.3 Å². The van der Waals surface area contributed by atoms with Crippen LogP contribution in [0.3, 0.4) is 0 Å². The highest BCUT2D eigenvalue weighted by Crippen LogP contribution is 2.37. The second kappa shape index (κ2) is 4.29. The molecule has 94 valence electrons. The molecule has 0 aliphatic rings. The van der Waals surface area contributed by atoms with Crippen LogP contribution in [-0.4, -0.2) is 0 Å². The van der Waals surface area contributed by atoms with Gasteiger partial charge in [0.05, 0.1) is 5.56 Å². The molecule has 2 nitrogen and oxygen atoms in total. The van der Waals surface area contributed by atoms with Crippen molar-refractivity contribution in [3.8, 4) is 11.1 Å². The Bertz CT molecular complexity index is 563. The molecule has 6 heteroatoms. The fourth-order valence-corrected chi connectivity index (χ4v) is 1.60. The molecule has 1 aromatic carbocycles. The number of hydrogen-bond acceptors (Lipinski definition) is 1. The molecule has 2 aromatic rings. The molecule has 0 aliphatic heterocycles. The quantitative estimate of drug-likeness (QED) is 0.438. The van der Waals surface area contributed by atoms with E-state index in [2.05, 4.69) is 0 Å². The number of rotatable bonds is 1. The van der Waals surface area contributed by atoms with Crippen molar-refractivity contribution >= 4 is 0 Å². The van der Waals surface area contributed by atoms with Crippen molar-refractivity contribution in [1.29, 1.82) is 0 Å². The van der Waals surface area contributed by atoms with E-state index in [0.29, 0.717) is 10.8 Å². The highest BCUT2D eigenvalue weighted by molar-refractivity contribution is 5.67. The van der Waals surface area contributed by atoms with E-state index < -0.39 is 17.6 Å². The fraction of sp³-hybridized carbons (Fsp3) is 0.0833. The maximum absolute atomic E-state index is 12.9. The molecular weight excluding hydrogens is 250 g/mol. The van der Waals surface area contributed by atoms with Gasteiger partial charge in [-0.15, -0.1) is 0 Å². The van der Waals surface area contributed by atoms with E-state index in [1.165, 1.54) is 12.1 Å². The van der Waals surface area contributed by atoms with E-state index in [-0.39, 0.29) is 11.1 Å². The Balaban J connectivity index is 2.60. The van der Waals surface area contributed by atoms with Crippen LogP contribution in [0, 0.1) is 11.0 Å². The number of alkyl halides is 3.